The second-order valence-corrected chi connectivity index (χ2v) is 10.1. The molecule has 28 heavy (non-hydrogen) atoms. The Morgan fingerprint density at radius 1 is 1.18 bits per heavy atom. The van der Waals surface area contributed by atoms with Gasteiger partial charge in [-0.25, -0.2) is 0 Å². The first-order valence-corrected chi connectivity index (χ1v) is 10.8. The molecule has 5 heteroatoms. The fourth-order valence-corrected chi connectivity index (χ4v) is 7.86. The van der Waals surface area contributed by atoms with Crippen LogP contribution < -0.4 is 0 Å². The summed E-state index contributed by atoms with van der Waals surface area (Å²) < 4.78 is 11.1. The Hall–Kier alpha value is -1.36. The van der Waals surface area contributed by atoms with Crippen molar-refractivity contribution < 1.29 is 24.2 Å². The molecule has 156 valence electrons. The van der Waals surface area contributed by atoms with Gasteiger partial charge in [-0.1, -0.05) is 13.5 Å². The molecule has 0 unspecified atom stereocenters. The highest BCUT2D eigenvalue weighted by Gasteiger charge is 2.66. The number of hydrogen-bond donors (Lipinski definition) is 1. The molecule has 1 spiro atoms. The van der Waals surface area contributed by atoms with Gasteiger partial charge in [-0.3, -0.25) is 9.59 Å². The molecule has 0 aromatic carbocycles. The molecule has 4 aliphatic rings. The molecular weight excluding hydrogens is 356 g/mol. The van der Waals surface area contributed by atoms with Crippen LogP contribution in [0.15, 0.2) is 12.2 Å². The summed E-state index contributed by atoms with van der Waals surface area (Å²) in [5.74, 6) is 0.961. The van der Waals surface area contributed by atoms with Gasteiger partial charge in [-0.15, -0.1) is 0 Å². The third-order valence-corrected chi connectivity index (χ3v) is 8.74. The van der Waals surface area contributed by atoms with E-state index in [-0.39, 0.29) is 34.8 Å². The molecule has 1 N–H and O–H groups in total. The molecule has 0 saturated heterocycles. The standard InChI is InChI=1S/C23H34O5/c1-13-16-5-6-20-22(4)11-18(28-15(3)25)9-17(12-27-14(2)24)19(22)7-8-23(20,10-16)21(13)26/h16-21,26H,1,5-12H2,2-4H3/t16-,17+,18-,19-,20+,21+,22-,23-/m1/s1. The van der Waals surface area contributed by atoms with E-state index < -0.39 is 6.10 Å². The number of esters is 2. The van der Waals surface area contributed by atoms with Crippen molar-refractivity contribution in [1.29, 1.82) is 0 Å². The number of aliphatic hydroxyl groups excluding tert-OH is 1. The van der Waals surface area contributed by atoms with Gasteiger partial charge in [0.1, 0.15) is 6.10 Å². The number of rotatable bonds is 3. The normalized spacial score (nSPS) is 47.1. The zero-order chi connectivity index (χ0) is 20.3. The minimum absolute atomic E-state index is 0.0298. The second-order valence-electron chi connectivity index (χ2n) is 10.1. The van der Waals surface area contributed by atoms with Crippen molar-refractivity contribution in [3.05, 3.63) is 12.2 Å². The van der Waals surface area contributed by atoms with E-state index in [1.807, 2.05) is 0 Å². The summed E-state index contributed by atoms with van der Waals surface area (Å²) in [5, 5.41) is 11.2. The number of aliphatic hydroxyl groups is 1. The van der Waals surface area contributed by atoms with E-state index in [0.717, 1.165) is 50.5 Å². The molecule has 4 rings (SSSR count). The van der Waals surface area contributed by atoms with Gasteiger partial charge >= 0.3 is 11.9 Å². The molecule has 0 aliphatic heterocycles. The van der Waals surface area contributed by atoms with Crippen molar-refractivity contribution in [3.63, 3.8) is 0 Å². The molecule has 4 aliphatic carbocycles. The molecular formula is C23H34O5. The molecule has 0 amide bonds. The maximum absolute atomic E-state index is 11.7. The van der Waals surface area contributed by atoms with Crippen LogP contribution in [-0.4, -0.2) is 35.9 Å². The Balaban J connectivity index is 1.67. The Morgan fingerprint density at radius 2 is 1.93 bits per heavy atom. The van der Waals surface area contributed by atoms with Gasteiger partial charge in [0.05, 0.1) is 12.7 Å². The summed E-state index contributed by atoms with van der Waals surface area (Å²) in [7, 11) is 0. The predicted octanol–water partition coefficient (Wildman–Crippen LogP) is 3.64. The van der Waals surface area contributed by atoms with Gasteiger partial charge in [0.15, 0.2) is 0 Å². The number of hydrogen-bond acceptors (Lipinski definition) is 5. The highest BCUT2D eigenvalue weighted by Crippen LogP contribution is 2.70. The van der Waals surface area contributed by atoms with Crippen molar-refractivity contribution in [2.24, 2.45) is 34.5 Å². The van der Waals surface area contributed by atoms with E-state index in [0.29, 0.717) is 24.4 Å². The summed E-state index contributed by atoms with van der Waals surface area (Å²) in [6.07, 6.45) is 6.32. The van der Waals surface area contributed by atoms with Crippen LogP contribution in [0.3, 0.4) is 0 Å². The Bertz CT molecular complexity index is 686. The van der Waals surface area contributed by atoms with Crippen molar-refractivity contribution in [2.75, 3.05) is 6.61 Å². The van der Waals surface area contributed by atoms with Crippen LogP contribution in [0, 0.1) is 34.5 Å². The molecule has 4 saturated carbocycles. The van der Waals surface area contributed by atoms with Gasteiger partial charge in [0, 0.05) is 19.3 Å². The minimum atomic E-state index is -0.413. The summed E-state index contributed by atoms with van der Waals surface area (Å²) >= 11 is 0. The Labute approximate surface area is 167 Å². The summed E-state index contributed by atoms with van der Waals surface area (Å²) in [6.45, 7) is 9.88. The molecule has 0 radical (unpaired) electrons. The van der Waals surface area contributed by atoms with E-state index in [1.165, 1.54) is 13.8 Å². The highest BCUT2D eigenvalue weighted by molar-refractivity contribution is 5.66. The first kappa shape index (κ1) is 19.9. The summed E-state index contributed by atoms with van der Waals surface area (Å²) in [6, 6.07) is 0. The van der Waals surface area contributed by atoms with Crippen molar-refractivity contribution >= 4 is 11.9 Å². The van der Waals surface area contributed by atoms with E-state index in [9.17, 15) is 14.7 Å². The fraction of sp³-hybridized carbons (Fsp3) is 0.826. The van der Waals surface area contributed by atoms with Crippen LogP contribution >= 0.6 is 0 Å². The van der Waals surface area contributed by atoms with Crippen LogP contribution in [0.25, 0.3) is 0 Å². The Morgan fingerprint density at radius 3 is 2.61 bits per heavy atom. The first-order valence-electron chi connectivity index (χ1n) is 10.8. The average molecular weight is 391 g/mol. The molecule has 8 atom stereocenters. The molecule has 0 aromatic heterocycles. The van der Waals surface area contributed by atoms with Crippen LogP contribution in [-0.2, 0) is 19.1 Å². The molecule has 4 fully saturated rings. The topological polar surface area (TPSA) is 72.8 Å². The largest absolute Gasteiger partial charge is 0.466 e. The zero-order valence-corrected chi connectivity index (χ0v) is 17.4. The van der Waals surface area contributed by atoms with Crippen molar-refractivity contribution in [1.82, 2.24) is 0 Å². The van der Waals surface area contributed by atoms with E-state index in [1.54, 1.807) is 0 Å². The van der Waals surface area contributed by atoms with Crippen LogP contribution in [0.5, 0.6) is 0 Å². The minimum Gasteiger partial charge on any atom is -0.466 e. The number of carbonyl (C=O) groups excluding carboxylic acids is 2. The summed E-state index contributed by atoms with van der Waals surface area (Å²) in [4.78, 5) is 23.1. The molecule has 0 aromatic rings. The lowest BCUT2D eigenvalue weighted by atomic mass is 9.43. The lowest BCUT2D eigenvalue weighted by Crippen LogP contribution is -2.59. The molecule has 2 bridgehead atoms. The molecule has 0 heterocycles. The highest BCUT2D eigenvalue weighted by atomic mass is 16.5. The monoisotopic (exact) mass is 390 g/mol. The SMILES string of the molecule is C=C1[C@@H]2CC[C@H]3[C@]4(C)C[C@H](OC(C)=O)C[C@@H](COC(C)=O)[C@H]4CC[C@]3(C2)[C@H]1O. The number of ether oxygens (including phenoxy) is 2. The number of carbonyl (C=O) groups is 2. The van der Waals surface area contributed by atoms with E-state index >= 15 is 0 Å². The van der Waals surface area contributed by atoms with Gasteiger partial charge in [-0.05, 0) is 79.6 Å². The van der Waals surface area contributed by atoms with Crippen molar-refractivity contribution in [3.8, 4) is 0 Å². The number of fused-ring (bicyclic) bond motifs is 3. The lowest BCUT2D eigenvalue weighted by Gasteiger charge is -2.62. The first-order chi connectivity index (χ1) is 13.2. The summed E-state index contributed by atoms with van der Waals surface area (Å²) in [5.41, 5.74) is 0.932. The van der Waals surface area contributed by atoms with E-state index in [4.69, 9.17) is 9.47 Å². The van der Waals surface area contributed by atoms with Gasteiger partial charge < -0.3 is 14.6 Å². The lowest BCUT2D eigenvalue weighted by molar-refractivity contribution is -0.190. The van der Waals surface area contributed by atoms with Crippen LogP contribution in [0.1, 0.15) is 65.7 Å². The quantitative estimate of drug-likeness (QED) is 0.588. The fourth-order valence-electron chi connectivity index (χ4n) is 7.86. The van der Waals surface area contributed by atoms with E-state index in [2.05, 4.69) is 13.5 Å². The van der Waals surface area contributed by atoms with Gasteiger partial charge in [0.25, 0.3) is 0 Å². The third-order valence-electron chi connectivity index (χ3n) is 8.74. The van der Waals surface area contributed by atoms with Gasteiger partial charge in [-0.2, -0.15) is 0 Å². The third kappa shape index (κ3) is 2.92. The zero-order valence-electron chi connectivity index (χ0n) is 17.4. The predicted molar refractivity (Wildman–Crippen MR) is 104 cm³/mol. The maximum atomic E-state index is 11.7. The van der Waals surface area contributed by atoms with Crippen LogP contribution in [0.4, 0.5) is 0 Å². The molecule has 5 nitrogen and oxygen atoms in total. The smallest absolute Gasteiger partial charge is 0.302 e. The van der Waals surface area contributed by atoms with Crippen molar-refractivity contribution in [2.45, 2.75) is 77.9 Å². The maximum Gasteiger partial charge on any atom is 0.302 e. The van der Waals surface area contributed by atoms with Gasteiger partial charge in [0.2, 0.25) is 0 Å². The average Bonchev–Trinajstić information content (AvgIpc) is 2.79. The Kier molecular flexibility index (Phi) is 4.88. The van der Waals surface area contributed by atoms with Crippen LogP contribution in [0.2, 0.25) is 0 Å². The second kappa shape index (κ2) is 6.86.